The van der Waals surface area contributed by atoms with Crippen LogP contribution in [0.1, 0.15) is 57.9 Å². The van der Waals surface area contributed by atoms with Crippen molar-refractivity contribution in [3.8, 4) is 28.1 Å². The lowest BCUT2D eigenvalue weighted by Crippen LogP contribution is -2.47. The van der Waals surface area contributed by atoms with E-state index in [2.05, 4.69) is 67.4 Å². The molecule has 1 aliphatic heterocycles. The summed E-state index contributed by atoms with van der Waals surface area (Å²) in [7, 11) is 0. The fourth-order valence-corrected chi connectivity index (χ4v) is 5.38. The largest absolute Gasteiger partial charge is 0.487 e. The molecule has 29 heavy (non-hydrogen) atoms. The normalized spacial score (nSPS) is 19.4. The summed E-state index contributed by atoms with van der Waals surface area (Å²) in [6.07, 6.45) is 9.28. The number of nitrogens with zero attached hydrogens (tertiary/aromatic N) is 1. The Bertz CT molecular complexity index is 1020. The van der Waals surface area contributed by atoms with Gasteiger partial charge in [-0.15, -0.1) is 0 Å². The van der Waals surface area contributed by atoms with Crippen LogP contribution >= 0.6 is 0 Å². The quantitative estimate of drug-likeness (QED) is 0.467. The minimum Gasteiger partial charge on any atom is -0.487 e. The fraction of sp³-hybridized carbons (Fsp3) is 0.370. The molecule has 1 aromatic heterocycles. The number of fused-ring (bicyclic) bond motifs is 1. The number of rotatable bonds is 2. The third-order valence-electron chi connectivity index (χ3n) is 6.72. The van der Waals surface area contributed by atoms with Crippen LogP contribution in [-0.2, 0) is 5.41 Å². The summed E-state index contributed by atoms with van der Waals surface area (Å²) in [5, 5.41) is 0. The zero-order chi connectivity index (χ0) is 19.9. The standard InChI is InChI=1S/C27H29NO/c1-26(2)19-27(14-5-3-6-15-27)29-25-18-21(12-13-23(25)26)20-9-8-10-22(17-20)24-11-4-7-16-28-24/h4,7-13,16-18H,3,5-6,14-15,19H2,1-2H3. The van der Waals surface area contributed by atoms with Gasteiger partial charge < -0.3 is 4.74 Å². The molecule has 2 heteroatoms. The first-order valence-corrected chi connectivity index (χ1v) is 10.9. The fourth-order valence-electron chi connectivity index (χ4n) is 5.38. The van der Waals surface area contributed by atoms with Gasteiger partial charge in [-0.3, -0.25) is 4.98 Å². The first kappa shape index (κ1) is 18.4. The molecule has 1 saturated carbocycles. The van der Waals surface area contributed by atoms with E-state index in [4.69, 9.17) is 4.74 Å². The van der Waals surface area contributed by atoms with Crippen LogP contribution in [0.3, 0.4) is 0 Å². The van der Waals surface area contributed by atoms with Gasteiger partial charge in [-0.2, -0.15) is 0 Å². The smallest absolute Gasteiger partial charge is 0.124 e. The minimum absolute atomic E-state index is 0.0309. The van der Waals surface area contributed by atoms with Crippen molar-refractivity contribution in [1.29, 1.82) is 0 Å². The molecule has 0 amide bonds. The van der Waals surface area contributed by atoms with Gasteiger partial charge in [0.15, 0.2) is 0 Å². The van der Waals surface area contributed by atoms with Gasteiger partial charge in [0.05, 0.1) is 5.69 Å². The first-order chi connectivity index (χ1) is 14.0. The van der Waals surface area contributed by atoms with Crippen LogP contribution in [0, 0.1) is 0 Å². The molecular formula is C27H29NO. The SMILES string of the molecule is CC1(C)CC2(CCCCC2)Oc2cc(-c3cccc(-c4ccccn4)c3)ccc21. The Kier molecular flexibility index (Phi) is 4.46. The van der Waals surface area contributed by atoms with E-state index in [1.807, 2.05) is 18.3 Å². The highest BCUT2D eigenvalue weighted by atomic mass is 16.5. The Morgan fingerprint density at radius 3 is 2.38 bits per heavy atom. The lowest BCUT2D eigenvalue weighted by Gasteiger charge is -2.48. The van der Waals surface area contributed by atoms with Crippen molar-refractivity contribution < 1.29 is 4.74 Å². The molecule has 3 aromatic rings. The summed E-state index contributed by atoms with van der Waals surface area (Å²) >= 11 is 0. The van der Waals surface area contributed by atoms with Gasteiger partial charge >= 0.3 is 0 Å². The van der Waals surface area contributed by atoms with E-state index in [-0.39, 0.29) is 11.0 Å². The Morgan fingerprint density at radius 2 is 1.59 bits per heavy atom. The molecule has 0 saturated heterocycles. The van der Waals surface area contributed by atoms with Crippen LogP contribution in [0.4, 0.5) is 0 Å². The summed E-state index contributed by atoms with van der Waals surface area (Å²) in [6, 6.07) is 21.5. The monoisotopic (exact) mass is 383 g/mol. The second-order valence-corrected chi connectivity index (χ2v) is 9.41. The van der Waals surface area contributed by atoms with Gasteiger partial charge in [0.2, 0.25) is 0 Å². The Balaban J connectivity index is 1.54. The molecule has 0 bridgehead atoms. The lowest BCUT2D eigenvalue weighted by atomic mass is 9.68. The van der Waals surface area contributed by atoms with Crippen LogP contribution in [0.2, 0.25) is 0 Å². The highest BCUT2D eigenvalue weighted by Crippen LogP contribution is 2.50. The first-order valence-electron chi connectivity index (χ1n) is 10.9. The number of pyridine rings is 1. The predicted octanol–water partition coefficient (Wildman–Crippen LogP) is 7.18. The summed E-state index contributed by atoms with van der Waals surface area (Å²) < 4.78 is 6.76. The Labute approximate surface area is 174 Å². The van der Waals surface area contributed by atoms with E-state index >= 15 is 0 Å². The van der Waals surface area contributed by atoms with Crippen molar-refractivity contribution in [2.24, 2.45) is 0 Å². The second kappa shape index (κ2) is 7.02. The maximum atomic E-state index is 6.76. The van der Waals surface area contributed by atoms with Crippen LogP contribution in [-0.4, -0.2) is 10.6 Å². The van der Waals surface area contributed by atoms with Crippen LogP contribution in [0.25, 0.3) is 22.4 Å². The van der Waals surface area contributed by atoms with Crippen molar-refractivity contribution in [1.82, 2.24) is 4.98 Å². The van der Waals surface area contributed by atoms with Gasteiger partial charge in [0.1, 0.15) is 11.4 Å². The van der Waals surface area contributed by atoms with Gasteiger partial charge in [-0.1, -0.05) is 56.7 Å². The molecular weight excluding hydrogens is 354 g/mol. The number of ether oxygens (including phenoxy) is 1. The predicted molar refractivity (Wildman–Crippen MR) is 119 cm³/mol. The summed E-state index contributed by atoms with van der Waals surface area (Å²) in [6.45, 7) is 4.76. The average molecular weight is 384 g/mol. The topological polar surface area (TPSA) is 22.1 Å². The van der Waals surface area contributed by atoms with Crippen molar-refractivity contribution in [3.63, 3.8) is 0 Å². The highest BCUT2D eigenvalue weighted by Gasteiger charge is 2.45. The molecule has 1 fully saturated rings. The minimum atomic E-state index is 0.0309. The molecule has 1 aliphatic carbocycles. The molecule has 2 nitrogen and oxygen atoms in total. The number of hydrogen-bond acceptors (Lipinski definition) is 2. The molecule has 1 spiro atoms. The van der Waals surface area contributed by atoms with E-state index in [0.717, 1.165) is 23.4 Å². The van der Waals surface area contributed by atoms with E-state index in [1.165, 1.54) is 48.8 Å². The Morgan fingerprint density at radius 1 is 0.793 bits per heavy atom. The maximum absolute atomic E-state index is 6.76. The molecule has 2 aliphatic rings. The molecule has 2 aromatic carbocycles. The molecule has 0 N–H and O–H groups in total. The summed E-state index contributed by atoms with van der Waals surface area (Å²) in [5.74, 6) is 1.09. The van der Waals surface area contributed by atoms with Crippen LogP contribution in [0.5, 0.6) is 5.75 Å². The number of aromatic nitrogens is 1. The van der Waals surface area contributed by atoms with E-state index in [0.29, 0.717) is 0 Å². The third kappa shape index (κ3) is 3.46. The van der Waals surface area contributed by atoms with Gasteiger partial charge in [0, 0.05) is 11.8 Å². The molecule has 2 heterocycles. The average Bonchev–Trinajstić information content (AvgIpc) is 2.74. The van der Waals surface area contributed by atoms with Crippen molar-refractivity contribution in [2.75, 3.05) is 0 Å². The summed E-state index contributed by atoms with van der Waals surface area (Å²) in [5.41, 5.74) is 6.10. The lowest BCUT2D eigenvalue weighted by molar-refractivity contribution is -0.0124. The van der Waals surface area contributed by atoms with E-state index in [9.17, 15) is 0 Å². The van der Waals surface area contributed by atoms with Gasteiger partial charge in [0.25, 0.3) is 0 Å². The van der Waals surface area contributed by atoms with Gasteiger partial charge in [-0.05, 0) is 78.5 Å². The second-order valence-electron chi connectivity index (χ2n) is 9.41. The summed E-state index contributed by atoms with van der Waals surface area (Å²) in [4.78, 5) is 4.51. The molecule has 0 atom stereocenters. The number of benzene rings is 2. The van der Waals surface area contributed by atoms with Crippen LogP contribution < -0.4 is 4.74 Å². The van der Waals surface area contributed by atoms with Crippen molar-refractivity contribution in [3.05, 3.63) is 72.4 Å². The van der Waals surface area contributed by atoms with Gasteiger partial charge in [-0.25, -0.2) is 0 Å². The molecule has 0 unspecified atom stereocenters. The van der Waals surface area contributed by atoms with Crippen molar-refractivity contribution >= 4 is 0 Å². The highest BCUT2D eigenvalue weighted by molar-refractivity contribution is 5.73. The van der Waals surface area contributed by atoms with Crippen molar-refractivity contribution in [2.45, 2.75) is 63.4 Å². The maximum Gasteiger partial charge on any atom is 0.124 e. The Hall–Kier alpha value is -2.61. The van der Waals surface area contributed by atoms with E-state index < -0.39 is 0 Å². The van der Waals surface area contributed by atoms with Crippen LogP contribution in [0.15, 0.2) is 66.9 Å². The zero-order valence-corrected chi connectivity index (χ0v) is 17.4. The number of hydrogen-bond donors (Lipinski definition) is 0. The molecule has 5 rings (SSSR count). The molecule has 148 valence electrons. The van der Waals surface area contributed by atoms with E-state index in [1.54, 1.807) is 0 Å². The third-order valence-corrected chi connectivity index (χ3v) is 6.72. The molecule has 0 radical (unpaired) electrons. The zero-order valence-electron chi connectivity index (χ0n) is 17.4.